The number of ether oxygens (including phenoxy) is 1. The van der Waals surface area contributed by atoms with Gasteiger partial charge in [0.25, 0.3) is 0 Å². The molecule has 4 aromatic carbocycles. The van der Waals surface area contributed by atoms with Gasteiger partial charge >= 0.3 is 0 Å². The molecule has 4 aromatic rings. The maximum atomic E-state index is 10.6. The molecular weight excluding hydrogens is 438 g/mol. The molecule has 5 nitrogen and oxygen atoms in total. The summed E-state index contributed by atoms with van der Waals surface area (Å²) >= 11 is 0. The first-order chi connectivity index (χ1) is 16.6. The molecule has 0 fully saturated rings. The highest BCUT2D eigenvalue weighted by Gasteiger charge is 2.23. The Hall–Kier alpha value is -4.12. The van der Waals surface area contributed by atoms with Crippen LogP contribution < -0.4 is 9.64 Å². The van der Waals surface area contributed by atoms with E-state index in [1.807, 2.05) is 88.9 Å². The monoisotopic (exact) mass is 469 g/mol. The van der Waals surface area contributed by atoms with Crippen LogP contribution in [0.25, 0.3) is 0 Å². The standard InChI is InChI=1S/C30H31NO4/c1-17-11-19(3)26(32)14-24(17)31(25-15-27(33)20(4)12-18(25)2)23-9-7-8-10-29(23)35-30-16-28(34)21(5)13-22(30)6/h7-16,32-34H,1-6H3. The van der Waals surface area contributed by atoms with Crippen LogP contribution in [0.4, 0.5) is 17.1 Å². The maximum Gasteiger partial charge on any atom is 0.151 e. The molecular formula is C30H31NO4. The van der Waals surface area contributed by atoms with E-state index in [0.717, 1.165) is 50.4 Å². The van der Waals surface area contributed by atoms with Gasteiger partial charge < -0.3 is 25.0 Å². The Morgan fingerprint density at radius 3 is 1.49 bits per heavy atom. The molecule has 0 heterocycles. The number of phenols is 3. The quantitative estimate of drug-likeness (QED) is 0.277. The number of aryl methyl sites for hydroxylation is 6. The molecule has 0 spiro atoms. The maximum absolute atomic E-state index is 10.6. The third kappa shape index (κ3) is 4.62. The first-order valence-electron chi connectivity index (χ1n) is 11.5. The van der Waals surface area contributed by atoms with Gasteiger partial charge in [0.2, 0.25) is 0 Å². The van der Waals surface area contributed by atoms with Gasteiger partial charge in [-0.25, -0.2) is 0 Å². The van der Waals surface area contributed by atoms with E-state index in [2.05, 4.69) is 0 Å². The van der Waals surface area contributed by atoms with E-state index in [1.165, 1.54) is 0 Å². The summed E-state index contributed by atoms with van der Waals surface area (Å²) in [4.78, 5) is 1.99. The van der Waals surface area contributed by atoms with Crippen LogP contribution in [0.5, 0.6) is 28.7 Å². The summed E-state index contributed by atoms with van der Waals surface area (Å²) in [5, 5.41) is 31.5. The van der Waals surface area contributed by atoms with Gasteiger partial charge in [-0.05, 0) is 93.1 Å². The summed E-state index contributed by atoms with van der Waals surface area (Å²) in [5.41, 5.74) is 7.41. The van der Waals surface area contributed by atoms with Crippen molar-refractivity contribution in [1.82, 2.24) is 0 Å². The van der Waals surface area contributed by atoms with Crippen molar-refractivity contribution in [3.8, 4) is 28.7 Å². The number of aromatic hydroxyl groups is 3. The van der Waals surface area contributed by atoms with E-state index < -0.39 is 0 Å². The highest BCUT2D eigenvalue weighted by molar-refractivity contribution is 5.84. The van der Waals surface area contributed by atoms with Gasteiger partial charge in [-0.1, -0.05) is 24.3 Å². The molecule has 0 aliphatic heterocycles. The second-order valence-corrected chi connectivity index (χ2v) is 9.16. The van der Waals surface area contributed by atoms with Crippen molar-refractivity contribution in [2.45, 2.75) is 41.5 Å². The molecule has 0 bridgehead atoms. The van der Waals surface area contributed by atoms with Crippen LogP contribution in [0.3, 0.4) is 0 Å². The van der Waals surface area contributed by atoms with Crippen LogP contribution in [0.15, 0.2) is 60.7 Å². The second kappa shape index (κ2) is 9.26. The molecule has 0 saturated carbocycles. The summed E-state index contributed by atoms with van der Waals surface area (Å²) in [5.74, 6) is 1.65. The molecule has 0 aliphatic rings. The largest absolute Gasteiger partial charge is 0.508 e. The Kier molecular flexibility index (Phi) is 6.35. The molecule has 35 heavy (non-hydrogen) atoms. The lowest BCUT2D eigenvalue weighted by Crippen LogP contribution is -2.14. The van der Waals surface area contributed by atoms with Crippen molar-refractivity contribution < 1.29 is 20.1 Å². The Morgan fingerprint density at radius 1 is 0.486 bits per heavy atom. The van der Waals surface area contributed by atoms with Crippen molar-refractivity contribution >= 4 is 17.1 Å². The van der Waals surface area contributed by atoms with Gasteiger partial charge in [-0.15, -0.1) is 0 Å². The zero-order valence-corrected chi connectivity index (χ0v) is 21.0. The van der Waals surface area contributed by atoms with E-state index in [-0.39, 0.29) is 17.2 Å². The molecule has 0 atom stereocenters. The van der Waals surface area contributed by atoms with E-state index in [9.17, 15) is 15.3 Å². The molecule has 0 radical (unpaired) electrons. The Balaban J connectivity index is 1.96. The van der Waals surface area contributed by atoms with Crippen LogP contribution in [-0.4, -0.2) is 15.3 Å². The summed E-state index contributed by atoms with van der Waals surface area (Å²) in [6.45, 7) is 11.5. The second-order valence-electron chi connectivity index (χ2n) is 9.16. The highest BCUT2D eigenvalue weighted by Crippen LogP contribution is 2.46. The predicted octanol–water partition coefficient (Wildman–Crippen LogP) is 7.92. The molecule has 0 amide bonds. The summed E-state index contributed by atoms with van der Waals surface area (Å²) in [7, 11) is 0. The first kappa shape index (κ1) is 24.0. The fraction of sp³-hybridized carbons (Fsp3) is 0.200. The minimum Gasteiger partial charge on any atom is -0.508 e. The highest BCUT2D eigenvalue weighted by atomic mass is 16.5. The van der Waals surface area contributed by atoms with E-state index in [4.69, 9.17) is 4.74 Å². The van der Waals surface area contributed by atoms with Gasteiger partial charge in [0.05, 0.1) is 17.1 Å². The fourth-order valence-corrected chi connectivity index (χ4v) is 4.31. The van der Waals surface area contributed by atoms with Gasteiger partial charge in [0, 0.05) is 18.2 Å². The number of hydrogen-bond donors (Lipinski definition) is 3. The van der Waals surface area contributed by atoms with Crippen LogP contribution >= 0.6 is 0 Å². The van der Waals surface area contributed by atoms with Crippen LogP contribution in [0.2, 0.25) is 0 Å². The van der Waals surface area contributed by atoms with Gasteiger partial charge in [0.1, 0.15) is 23.0 Å². The number of hydrogen-bond acceptors (Lipinski definition) is 5. The number of rotatable bonds is 5. The SMILES string of the molecule is Cc1cc(C)c(Oc2ccccc2N(c2cc(O)c(C)cc2C)c2cc(O)c(C)cc2C)cc1O. The molecule has 0 unspecified atom stereocenters. The van der Waals surface area contributed by atoms with Crippen LogP contribution in [0.1, 0.15) is 33.4 Å². The molecule has 4 rings (SSSR count). The number of nitrogens with zero attached hydrogens (tertiary/aromatic N) is 1. The lowest BCUT2D eigenvalue weighted by molar-refractivity contribution is 0.450. The Labute approximate surface area is 206 Å². The molecule has 0 aromatic heterocycles. The first-order valence-corrected chi connectivity index (χ1v) is 11.5. The molecule has 5 heteroatoms. The number of benzene rings is 4. The topological polar surface area (TPSA) is 73.2 Å². The average Bonchev–Trinajstić information content (AvgIpc) is 2.80. The van der Waals surface area contributed by atoms with Crippen molar-refractivity contribution in [3.05, 3.63) is 94.0 Å². The minimum atomic E-state index is 0.165. The predicted molar refractivity (Wildman–Crippen MR) is 141 cm³/mol. The normalized spacial score (nSPS) is 10.9. The smallest absolute Gasteiger partial charge is 0.151 e. The van der Waals surface area contributed by atoms with Crippen LogP contribution in [-0.2, 0) is 0 Å². The zero-order valence-electron chi connectivity index (χ0n) is 21.0. The summed E-state index contributed by atoms with van der Waals surface area (Å²) < 4.78 is 6.36. The van der Waals surface area contributed by atoms with Crippen molar-refractivity contribution in [1.29, 1.82) is 0 Å². The number of anilines is 3. The molecule has 0 aliphatic carbocycles. The molecule has 0 saturated heterocycles. The summed E-state index contributed by atoms with van der Waals surface area (Å²) in [6.07, 6.45) is 0. The van der Waals surface area contributed by atoms with Crippen molar-refractivity contribution in [2.75, 3.05) is 4.90 Å². The average molecular weight is 470 g/mol. The van der Waals surface area contributed by atoms with E-state index in [1.54, 1.807) is 18.2 Å². The van der Waals surface area contributed by atoms with E-state index in [0.29, 0.717) is 11.5 Å². The van der Waals surface area contributed by atoms with Crippen molar-refractivity contribution in [3.63, 3.8) is 0 Å². The zero-order chi connectivity index (χ0) is 25.4. The Bertz CT molecular complexity index is 1370. The van der Waals surface area contributed by atoms with Gasteiger partial charge in [0.15, 0.2) is 5.75 Å². The number of para-hydroxylation sites is 2. The third-order valence-corrected chi connectivity index (χ3v) is 6.33. The fourth-order valence-electron chi connectivity index (χ4n) is 4.31. The van der Waals surface area contributed by atoms with Gasteiger partial charge in [-0.3, -0.25) is 0 Å². The van der Waals surface area contributed by atoms with Gasteiger partial charge in [-0.2, -0.15) is 0 Å². The summed E-state index contributed by atoms with van der Waals surface area (Å²) in [6, 6.07) is 18.5. The molecule has 180 valence electrons. The number of phenolic OH excluding ortho intramolecular Hbond substituents is 3. The molecule has 3 N–H and O–H groups in total. The lowest BCUT2D eigenvalue weighted by Gasteiger charge is -2.30. The lowest BCUT2D eigenvalue weighted by atomic mass is 10.0. The minimum absolute atomic E-state index is 0.165. The Morgan fingerprint density at radius 2 is 0.943 bits per heavy atom. The third-order valence-electron chi connectivity index (χ3n) is 6.33. The van der Waals surface area contributed by atoms with E-state index >= 15 is 0 Å². The van der Waals surface area contributed by atoms with Crippen LogP contribution in [0, 0.1) is 41.5 Å². The van der Waals surface area contributed by atoms with Crippen molar-refractivity contribution in [2.24, 2.45) is 0 Å².